The topological polar surface area (TPSA) is 108 Å². The molecular weight excluding hydrogens is 405 g/mol. The summed E-state index contributed by atoms with van der Waals surface area (Å²) < 4.78 is 12.9. The quantitative estimate of drug-likeness (QED) is 0.516. The van der Waals surface area contributed by atoms with Crippen LogP contribution in [0.15, 0.2) is 42.5 Å². The van der Waals surface area contributed by atoms with Crippen LogP contribution in [0.1, 0.15) is 5.56 Å². The van der Waals surface area contributed by atoms with E-state index in [1.165, 1.54) is 36.4 Å². The Bertz CT molecular complexity index is 959. The van der Waals surface area contributed by atoms with Crippen molar-refractivity contribution in [2.45, 2.75) is 6.92 Å². The fourth-order valence-corrected chi connectivity index (χ4v) is 3.39. The van der Waals surface area contributed by atoms with E-state index < -0.39 is 4.92 Å². The van der Waals surface area contributed by atoms with Crippen molar-refractivity contribution in [1.29, 1.82) is 0 Å². The lowest BCUT2D eigenvalue weighted by Crippen LogP contribution is -2.50. The second-order valence-corrected chi connectivity index (χ2v) is 7.36. The molecule has 164 valence electrons. The number of anilines is 2. The molecule has 0 bridgehead atoms. The van der Waals surface area contributed by atoms with Crippen molar-refractivity contribution in [3.05, 3.63) is 64.0 Å². The number of hydrogen-bond acceptors (Lipinski definition) is 6. The van der Waals surface area contributed by atoms with Gasteiger partial charge in [-0.25, -0.2) is 4.39 Å². The molecule has 2 N–H and O–H groups in total. The highest BCUT2D eigenvalue weighted by molar-refractivity contribution is 5.93. The number of rotatable bonds is 7. The minimum absolute atomic E-state index is 0.0367. The summed E-state index contributed by atoms with van der Waals surface area (Å²) in [6.07, 6.45) is 0. The maximum Gasteiger partial charge on any atom is 0.274 e. The number of carbonyl (C=O) groups is 2. The van der Waals surface area contributed by atoms with Gasteiger partial charge in [0.05, 0.1) is 29.3 Å². The maximum absolute atomic E-state index is 12.9. The number of carbonyl (C=O) groups excluding carboxylic acids is 2. The summed E-state index contributed by atoms with van der Waals surface area (Å²) in [6, 6.07) is 10.2. The summed E-state index contributed by atoms with van der Waals surface area (Å²) >= 11 is 0. The van der Waals surface area contributed by atoms with Crippen LogP contribution in [0.3, 0.4) is 0 Å². The monoisotopic (exact) mass is 429 g/mol. The number of nitro benzene ring substituents is 1. The summed E-state index contributed by atoms with van der Waals surface area (Å²) in [5, 5.41) is 16.5. The minimum atomic E-state index is -0.476. The Morgan fingerprint density at radius 2 is 1.52 bits per heavy atom. The molecule has 0 spiro atoms. The number of hydrogen-bond donors (Lipinski definition) is 2. The molecule has 9 nitrogen and oxygen atoms in total. The fourth-order valence-electron chi connectivity index (χ4n) is 3.39. The number of piperazine rings is 1. The van der Waals surface area contributed by atoms with Gasteiger partial charge in [0.25, 0.3) is 5.69 Å². The molecule has 0 radical (unpaired) electrons. The predicted molar refractivity (Wildman–Crippen MR) is 114 cm³/mol. The van der Waals surface area contributed by atoms with Crippen LogP contribution in [0.2, 0.25) is 0 Å². The molecule has 0 unspecified atom stereocenters. The summed E-state index contributed by atoms with van der Waals surface area (Å²) in [4.78, 5) is 39.0. The molecule has 2 amide bonds. The molecule has 1 saturated heterocycles. The van der Waals surface area contributed by atoms with Crippen LogP contribution in [0.5, 0.6) is 0 Å². The van der Waals surface area contributed by atoms with Gasteiger partial charge in [-0.3, -0.25) is 29.5 Å². The van der Waals surface area contributed by atoms with E-state index in [1.807, 2.05) is 9.80 Å². The number of nitrogens with one attached hydrogen (secondary N) is 2. The molecule has 0 aromatic heterocycles. The first-order valence-corrected chi connectivity index (χ1v) is 9.86. The van der Waals surface area contributed by atoms with Crippen LogP contribution in [-0.2, 0) is 9.59 Å². The summed E-state index contributed by atoms with van der Waals surface area (Å²) in [7, 11) is 0. The molecule has 0 saturated carbocycles. The molecule has 1 aliphatic heterocycles. The third kappa shape index (κ3) is 6.30. The van der Waals surface area contributed by atoms with Crippen LogP contribution >= 0.6 is 0 Å². The second-order valence-electron chi connectivity index (χ2n) is 7.36. The van der Waals surface area contributed by atoms with E-state index in [-0.39, 0.29) is 36.4 Å². The molecule has 0 atom stereocenters. The van der Waals surface area contributed by atoms with Crippen molar-refractivity contribution < 1.29 is 18.9 Å². The number of amides is 2. The Kier molecular flexibility index (Phi) is 7.27. The SMILES string of the molecule is Cc1c(NC(=O)CN2CCN(CC(=O)Nc3ccc(F)cc3)CC2)cccc1[N+](=O)[O-]. The molecular formula is C21H24FN5O4. The Morgan fingerprint density at radius 1 is 0.968 bits per heavy atom. The van der Waals surface area contributed by atoms with Gasteiger partial charge in [-0.1, -0.05) is 6.07 Å². The van der Waals surface area contributed by atoms with Crippen molar-refractivity contribution in [2.75, 3.05) is 49.9 Å². The lowest BCUT2D eigenvalue weighted by atomic mass is 10.1. The molecule has 1 aliphatic rings. The highest BCUT2D eigenvalue weighted by Gasteiger charge is 2.21. The van der Waals surface area contributed by atoms with Gasteiger partial charge in [0, 0.05) is 37.9 Å². The number of nitro groups is 1. The van der Waals surface area contributed by atoms with Crippen LogP contribution in [0.4, 0.5) is 21.5 Å². The summed E-state index contributed by atoms with van der Waals surface area (Å²) in [5.74, 6) is -0.788. The Hall–Kier alpha value is -3.37. The summed E-state index contributed by atoms with van der Waals surface area (Å²) in [5.41, 5.74) is 1.34. The first-order chi connectivity index (χ1) is 14.8. The molecule has 2 aromatic carbocycles. The molecule has 3 rings (SSSR count). The van der Waals surface area contributed by atoms with Gasteiger partial charge in [-0.05, 0) is 37.3 Å². The molecule has 1 fully saturated rings. The van der Waals surface area contributed by atoms with Crippen molar-refractivity contribution in [3.8, 4) is 0 Å². The lowest BCUT2D eigenvalue weighted by Gasteiger charge is -2.33. The number of benzene rings is 2. The van der Waals surface area contributed by atoms with E-state index >= 15 is 0 Å². The Balaban J connectivity index is 1.43. The highest BCUT2D eigenvalue weighted by atomic mass is 19.1. The van der Waals surface area contributed by atoms with E-state index in [2.05, 4.69) is 10.6 Å². The standard InChI is InChI=1S/C21H24FN5O4/c1-15-18(3-2-4-19(15)27(30)31)24-21(29)14-26-11-9-25(10-12-26)13-20(28)23-17-7-5-16(22)6-8-17/h2-8H,9-14H2,1H3,(H,23,28)(H,24,29). The van der Waals surface area contributed by atoms with Crippen LogP contribution in [0.25, 0.3) is 0 Å². The van der Waals surface area contributed by atoms with Gasteiger partial charge in [0.2, 0.25) is 11.8 Å². The van der Waals surface area contributed by atoms with Crippen LogP contribution < -0.4 is 10.6 Å². The molecule has 2 aromatic rings. The molecule has 31 heavy (non-hydrogen) atoms. The number of nitrogens with zero attached hydrogens (tertiary/aromatic N) is 3. The number of halogens is 1. The molecule has 0 aliphatic carbocycles. The summed E-state index contributed by atoms with van der Waals surface area (Å²) in [6.45, 7) is 4.46. The zero-order chi connectivity index (χ0) is 22.4. The van der Waals surface area contributed by atoms with Gasteiger partial charge in [0.15, 0.2) is 0 Å². The first-order valence-electron chi connectivity index (χ1n) is 9.86. The fraction of sp³-hybridized carbons (Fsp3) is 0.333. The second kappa shape index (κ2) is 10.1. The van der Waals surface area contributed by atoms with Crippen molar-refractivity contribution in [1.82, 2.24) is 9.80 Å². The average molecular weight is 429 g/mol. The third-order valence-corrected chi connectivity index (χ3v) is 5.10. The normalized spacial score (nSPS) is 14.8. The lowest BCUT2D eigenvalue weighted by molar-refractivity contribution is -0.385. The van der Waals surface area contributed by atoms with Crippen LogP contribution in [-0.4, -0.2) is 65.8 Å². The highest BCUT2D eigenvalue weighted by Crippen LogP contribution is 2.25. The maximum atomic E-state index is 12.9. The van der Waals surface area contributed by atoms with Gasteiger partial charge in [0.1, 0.15) is 5.82 Å². The smallest absolute Gasteiger partial charge is 0.274 e. The Morgan fingerprint density at radius 3 is 2.06 bits per heavy atom. The average Bonchev–Trinajstić information content (AvgIpc) is 2.72. The third-order valence-electron chi connectivity index (χ3n) is 5.10. The van der Waals surface area contributed by atoms with Gasteiger partial charge < -0.3 is 10.6 Å². The molecule has 10 heteroatoms. The van der Waals surface area contributed by atoms with Gasteiger partial charge in [-0.15, -0.1) is 0 Å². The van der Waals surface area contributed by atoms with Crippen molar-refractivity contribution >= 4 is 28.9 Å². The zero-order valence-corrected chi connectivity index (χ0v) is 17.1. The molecule has 1 heterocycles. The van der Waals surface area contributed by atoms with Crippen LogP contribution in [0, 0.1) is 22.9 Å². The van der Waals surface area contributed by atoms with E-state index in [0.717, 1.165) is 0 Å². The van der Waals surface area contributed by atoms with Gasteiger partial charge in [-0.2, -0.15) is 0 Å². The van der Waals surface area contributed by atoms with E-state index in [4.69, 9.17) is 0 Å². The first kappa shape index (κ1) is 22.3. The largest absolute Gasteiger partial charge is 0.325 e. The van der Waals surface area contributed by atoms with E-state index in [9.17, 15) is 24.1 Å². The Labute approximate surface area is 179 Å². The minimum Gasteiger partial charge on any atom is -0.325 e. The predicted octanol–water partition coefficient (Wildman–Crippen LogP) is 2.24. The van der Waals surface area contributed by atoms with Crippen molar-refractivity contribution in [3.63, 3.8) is 0 Å². The van der Waals surface area contributed by atoms with E-state index in [0.29, 0.717) is 43.1 Å². The zero-order valence-electron chi connectivity index (χ0n) is 17.1. The van der Waals surface area contributed by atoms with Gasteiger partial charge >= 0.3 is 0 Å². The van der Waals surface area contributed by atoms with Crippen molar-refractivity contribution in [2.24, 2.45) is 0 Å². The van der Waals surface area contributed by atoms with E-state index in [1.54, 1.807) is 13.0 Å².